The van der Waals surface area contributed by atoms with Gasteiger partial charge in [-0.3, -0.25) is 9.59 Å². The summed E-state index contributed by atoms with van der Waals surface area (Å²) in [6.45, 7) is 0. The molecule has 1 aliphatic heterocycles. The monoisotopic (exact) mass is 284 g/mol. The van der Waals surface area contributed by atoms with Crippen LogP contribution in [0.25, 0.3) is 0 Å². The standard InChI is InChI=1S/C11H9FN2O4S/c12-5-1-2-6(10(16)17)7(3-5)13-9(15)8-4-19-11(18)14-8/h1-3,8H,4H2,(H,13,15)(H,14,18)(H,16,17). The molecule has 8 heteroatoms. The summed E-state index contributed by atoms with van der Waals surface area (Å²) in [5, 5.41) is 13.3. The number of hydrogen-bond donors (Lipinski definition) is 3. The molecule has 1 heterocycles. The largest absolute Gasteiger partial charge is 0.478 e. The first-order valence-electron chi connectivity index (χ1n) is 5.24. The van der Waals surface area contributed by atoms with Gasteiger partial charge < -0.3 is 15.7 Å². The van der Waals surface area contributed by atoms with Crippen molar-refractivity contribution in [2.45, 2.75) is 6.04 Å². The summed E-state index contributed by atoms with van der Waals surface area (Å²) in [5.74, 6) is -2.26. The summed E-state index contributed by atoms with van der Waals surface area (Å²) in [5.41, 5.74) is -0.352. The van der Waals surface area contributed by atoms with Gasteiger partial charge in [0.1, 0.15) is 11.9 Å². The minimum Gasteiger partial charge on any atom is -0.478 e. The third kappa shape index (κ3) is 3.02. The van der Waals surface area contributed by atoms with Crippen molar-refractivity contribution in [2.24, 2.45) is 0 Å². The van der Waals surface area contributed by atoms with E-state index in [9.17, 15) is 18.8 Å². The molecule has 0 aromatic heterocycles. The third-order valence-electron chi connectivity index (χ3n) is 2.46. The first-order chi connectivity index (χ1) is 8.97. The lowest BCUT2D eigenvalue weighted by molar-refractivity contribution is -0.117. The molecule has 100 valence electrons. The quantitative estimate of drug-likeness (QED) is 0.777. The van der Waals surface area contributed by atoms with E-state index in [1.807, 2.05) is 0 Å². The van der Waals surface area contributed by atoms with Gasteiger partial charge in [-0.2, -0.15) is 0 Å². The van der Waals surface area contributed by atoms with Gasteiger partial charge in [-0.1, -0.05) is 11.8 Å². The van der Waals surface area contributed by atoms with E-state index in [1.54, 1.807) is 0 Å². The lowest BCUT2D eigenvalue weighted by atomic mass is 10.1. The highest BCUT2D eigenvalue weighted by Gasteiger charge is 2.28. The number of carboxylic acid groups (broad SMARTS) is 1. The van der Waals surface area contributed by atoms with Crippen molar-refractivity contribution < 1.29 is 23.9 Å². The molecule has 0 spiro atoms. The van der Waals surface area contributed by atoms with Crippen LogP contribution >= 0.6 is 11.8 Å². The van der Waals surface area contributed by atoms with E-state index >= 15 is 0 Å². The third-order valence-corrected chi connectivity index (χ3v) is 3.34. The van der Waals surface area contributed by atoms with Gasteiger partial charge in [-0.25, -0.2) is 9.18 Å². The average molecular weight is 284 g/mol. The number of amides is 2. The Kier molecular flexibility index (Phi) is 3.70. The number of carbonyl (C=O) groups is 3. The van der Waals surface area contributed by atoms with Crippen molar-refractivity contribution >= 4 is 34.6 Å². The van der Waals surface area contributed by atoms with Gasteiger partial charge in [-0.15, -0.1) is 0 Å². The number of carbonyl (C=O) groups excluding carboxylic acids is 2. The second kappa shape index (κ2) is 5.27. The molecule has 19 heavy (non-hydrogen) atoms. The zero-order valence-corrected chi connectivity index (χ0v) is 10.3. The highest BCUT2D eigenvalue weighted by Crippen LogP contribution is 2.19. The summed E-state index contributed by atoms with van der Waals surface area (Å²) < 4.78 is 13.1. The van der Waals surface area contributed by atoms with Crippen LogP contribution in [0.4, 0.5) is 14.9 Å². The normalized spacial score (nSPS) is 17.9. The summed E-state index contributed by atoms with van der Waals surface area (Å²) >= 11 is 0.957. The molecule has 0 radical (unpaired) electrons. The van der Waals surface area contributed by atoms with Crippen LogP contribution in [0.1, 0.15) is 10.4 Å². The molecule has 1 atom stereocenters. The molecule has 1 aliphatic rings. The van der Waals surface area contributed by atoms with Crippen molar-refractivity contribution in [1.82, 2.24) is 5.32 Å². The Balaban J connectivity index is 2.18. The lowest BCUT2D eigenvalue weighted by Gasteiger charge is -2.12. The number of rotatable bonds is 3. The Morgan fingerprint density at radius 3 is 2.79 bits per heavy atom. The molecule has 1 aromatic rings. The zero-order chi connectivity index (χ0) is 14.0. The predicted octanol–water partition coefficient (Wildman–Crippen LogP) is 1.29. The number of thioether (sulfide) groups is 1. The maximum absolute atomic E-state index is 13.1. The smallest absolute Gasteiger partial charge is 0.337 e. The first kappa shape index (κ1) is 13.3. The molecule has 1 saturated heterocycles. The Morgan fingerprint density at radius 2 is 2.21 bits per heavy atom. The molecule has 2 amide bonds. The Bertz CT molecular complexity index is 564. The first-order valence-corrected chi connectivity index (χ1v) is 6.23. The highest BCUT2D eigenvalue weighted by atomic mass is 32.2. The summed E-state index contributed by atoms with van der Waals surface area (Å²) in [7, 11) is 0. The van der Waals surface area contributed by atoms with Crippen LogP contribution in [0, 0.1) is 5.82 Å². The molecule has 1 fully saturated rings. The van der Waals surface area contributed by atoms with Crippen LogP contribution in [-0.4, -0.2) is 34.0 Å². The SMILES string of the molecule is O=C1NC(C(=O)Nc2cc(F)ccc2C(=O)O)CS1. The van der Waals surface area contributed by atoms with Gasteiger partial charge in [0.15, 0.2) is 0 Å². The second-order valence-electron chi connectivity index (χ2n) is 3.78. The van der Waals surface area contributed by atoms with Crippen LogP contribution in [0.5, 0.6) is 0 Å². The number of aromatic carboxylic acids is 1. The number of hydrogen-bond acceptors (Lipinski definition) is 4. The number of anilines is 1. The van der Waals surface area contributed by atoms with Crippen molar-refractivity contribution in [3.8, 4) is 0 Å². The van der Waals surface area contributed by atoms with Gasteiger partial charge >= 0.3 is 5.97 Å². The van der Waals surface area contributed by atoms with E-state index in [-0.39, 0.29) is 22.2 Å². The second-order valence-corrected chi connectivity index (χ2v) is 4.77. The van der Waals surface area contributed by atoms with Crippen LogP contribution < -0.4 is 10.6 Å². The average Bonchev–Trinajstić information content (AvgIpc) is 2.75. The van der Waals surface area contributed by atoms with E-state index in [2.05, 4.69) is 10.6 Å². The van der Waals surface area contributed by atoms with Gasteiger partial charge in [0, 0.05) is 5.75 Å². The van der Waals surface area contributed by atoms with Crippen molar-refractivity contribution in [3.63, 3.8) is 0 Å². The fourth-order valence-electron chi connectivity index (χ4n) is 1.55. The van der Waals surface area contributed by atoms with Gasteiger partial charge in [0.25, 0.3) is 5.24 Å². The fourth-order valence-corrected chi connectivity index (χ4v) is 2.33. The predicted molar refractivity (Wildman–Crippen MR) is 66.8 cm³/mol. The lowest BCUT2D eigenvalue weighted by Crippen LogP contribution is -2.38. The molecule has 1 aromatic carbocycles. The molecule has 1 unspecified atom stereocenters. The van der Waals surface area contributed by atoms with Crippen LogP contribution in [0.3, 0.4) is 0 Å². The molecule has 0 bridgehead atoms. The van der Waals surface area contributed by atoms with Crippen LogP contribution in [0.15, 0.2) is 18.2 Å². The van der Waals surface area contributed by atoms with E-state index in [0.717, 1.165) is 30.0 Å². The number of halogens is 1. The van der Waals surface area contributed by atoms with E-state index in [0.29, 0.717) is 0 Å². The van der Waals surface area contributed by atoms with Crippen molar-refractivity contribution in [2.75, 3.05) is 11.1 Å². The van der Waals surface area contributed by atoms with Crippen molar-refractivity contribution in [3.05, 3.63) is 29.6 Å². The number of benzene rings is 1. The zero-order valence-electron chi connectivity index (χ0n) is 9.47. The molecule has 0 aliphatic carbocycles. The summed E-state index contributed by atoms with van der Waals surface area (Å²) in [6, 6.07) is 2.23. The Hall–Kier alpha value is -2.09. The molecule has 0 saturated carbocycles. The summed E-state index contributed by atoms with van der Waals surface area (Å²) in [6.07, 6.45) is 0. The van der Waals surface area contributed by atoms with E-state index in [1.165, 1.54) is 0 Å². The molecule has 6 nitrogen and oxygen atoms in total. The Morgan fingerprint density at radius 1 is 1.47 bits per heavy atom. The number of carboxylic acids is 1. The van der Waals surface area contributed by atoms with Gasteiger partial charge in [-0.05, 0) is 18.2 Å². The Labute approximate surface area is 111 Å². The number of nitrogens with one attached hydrogen (secondary N) is 2. The van der Waals surface area contributed by atoms with E-state index < -0.39 is 23.7 Å². The van der Waals surface area contributed by atoms with E-state index in [4.69, 9.17) is 5.11 Å². The highest BCUT2D eigenvalue weighted by molar-refractivity contribution is 8.14. The summed E-state index contributed by atoms with van der Waals surface area (Å²) in [4.78, 5) is 33.7. The van der Waals surface area contributed by atoms with Crippen molar-refractivity contribution in [1.29, 1.82) is 0 Å². The van der Waals surface area contributed by atoms with Gasteiger partial charge in [0.2, 0.25) is 5.91 Å². The fraction of sp³-hybridized carbons (Fsp3) is 0.182. The maximum atomic E-state index is 13.1. The molecule has 2 rings (SSSR count). The molecular weight excluding hydrogens is 275 g/mol. The maximum Gasteiger partial charge on any atom is 0.337 e. The topological polar surface area (TPSA) is 95.5 Å². The minimum absolute atomic E-state index is 0.136. The molecule has 3 N–H and O–H groups in total. The van der Waals surface area contributed by atoms with Crippen LogP contribution in [0.2, 0.25) is 0 Å². The van der Waals surface area contributed by atoms with Crippen LogP contribution in [-0.2, 0) is 4.79 Å². The van der Waals surface area contributed by atoms with Gasteiger partial charge in [0.05, 0.1) is 11.3 Å². The molecular formula is C11H9FN2O4S. The minimum atomic E-state index is -1.28.